The van der Waals surface area contributed by atoms with Crippen molar-refractivity contribution in [3.63, 3.8) is 0 Å². The number of hydrogen-bond acceptors (Lipinski definition) is 3. The lowest BCUT2D eigenvalue weighted by Crippen LogP contribution is -2.13. The van der Waals surface area contributed by atoms with E-state index in [1.54, 1.807) is 24.3 Å². The number of hydrogen-bond donors (Lipinski definition) is 1. The Morgan fingerprint density at radius 2 is 1.71 bits per heavy atom. The van der Waals surface area contributed by atoms with E-state index in [0.717, 1.165) is 16.7 Å². The summed E-state index contributed by atoms with van der Waals surface area (Å²) >= 11 is 6.07. The van der Waals surface area contributed by atoms with Gasteiger partial charge in [0, 0.05) is 5.69 Å². The van der Waals surface area contributed by atoms with Crippen molar-refractivity contribution in [3.8, 4) is 22.9 Å². The van der Waals surface area contributed by atoms with Crippen LogP contribution >= 0.6 is 11.6 Å². The molecule has 0 fully saturated rings. The minimum atomic E-state index is -0.504. The van der Waals surface area contributed by atoms with Crippen molar-refractivity contribution in [1.29, 1.82) is 5.26 Å². The summed E-state index contributed by atoms with van der Waals surface area (Å²) in [5.41, 5.74) is 3.41. The van der Waals surface area contributed by atoms with E-state index in [9.17, 15) is 10.1 Å². The van der Waals surface area contributed by atoms with Gasteiger partial charge in [-0.2, -0.15) is 5.26 Å². The van der Waals surface area contributed by atoms with Gasteiger partial charge in [-0.3, -0.25) is 4.79 Å². The maximum atomic E-state index is 12.4. The van der Waals surface area contributed by atoms with Gasteiger partial charge in [-0.15, -0.1) is 0 Å². The number of nitrogens with one attached hydrogen (secondary N) is 1. The van der Waals surface area contributed by atoms with Gasteiger partial charge in [0.1, 0.15) is 17.4 Å². The molecule has 0 spiro atoms. The summed E-state index contributed by atoms with van der Waals surface area (Å²) < 4.78 is 5.09. The lowest BCUT2D eigenvalue weighted by molar-refractivity contribution is -0.112. The first-order chi connectivity index (χ1) is 13.6. The normalized spacial score (nSPS) is 10.8. The van der Waals surface area contributed by atoms with Gasteiger partial charge in [-0.1, -0.05) is 66.2 Å². The maximum Gasteiger partial charge on any atom is 0.266 e. The quantitative estimate of drug-likeness (QED) is 0.459. The highest BCUT2D eigenvalue weighted by molar-refractivity contribution is 6.32. The molecule has 0 unspecified atom stereocenters. The van der Waals surface area contributed by atoms with Gasteiger partial charge in [0.25, 0.3) is 5.91 Å². The van der Waals surface area contributed by atoms with Crippen LogP contribution in [0.1, 0.15) is 5.56 Å². The summed E-state index contributed by atoms with van der Waals surface area (Å²) in [6.07, 6.45) is 1.55. The first-order valence-electron chi connectivity index (χ1n) is 8.53. The number of anilines is 1. The lowest BCUT2D eigenvalue weighted by Gasteiger charge is -2.08. The first-order valence-corrected chi connectivity index (χ1v) is 8.90. The third-order valence-corrected chi connectivity index (χ3v) is 4.40. The number of ether oxygens (including phenoxy) is 1. The van der Waals surface area contributed by atoms with Gasteiger partial charge in [0.05, 0.1) is 12.1 Å². The summed E-state index contributed by atoms with van der Waals surface area (Å²) in [6.45, 7) is 0. The van der Waals surface area contributed by atoms with Crippen LogP contribution in [0.2, 0.25) is 5.02 Å². The molecule has 0 saturated heterocycles. The molecule has 0 heterocycles. The predicted octanol–water partition coefficient (Wildman–Crippen LogP) is 5.56. The van der Waals surface area contributed by atoms with Crippen molar-refractivity contribution in [2.45, 2.75) is 0 Å². The highest BCUT2D eigenvalue weighted by atomic mass is 35.5. The van der Waals surface area contributed by atoms with Crippen molar-refractivity contribution in [3.05, 3.63) is 89.0 Å². The zero-order valence-corrected chi connectivity index (χ0v) is 15.9. The second kappa shape index (κ2) is 8.90. The molecule has 0 aliphatic carbocycles. The Labute approximate surface area is 168 Å². The molecule has 3 aromatic carbocycles. The van der Waals surface area contributed by atoms with Crippen LogP contribution in [0, 0.1) is 11.3 Å². The van der Waals surface area contributed by atoms with Crippen LogP contribution in [0.25, 0.3) is 17.2 Å². The topological polar surface area (TPSA) is 62.1 Å². The Hall–Kier alpha value is -3.55. The Kier molecular flexibility index (Phi) is 6.11. The van der Waals surface area contributed by atoms with Crippen LogP contribution in [0.3, 0.4) is 0 Å². The molecular formula is C23H17ClN2O2. The van der Waals surface area contributed by atoms with Gasteiger partial charge in [-0.25, -0.2) is 0 Å². The number of amides is 1. The highest BCUT2D eigenvalue weighted by Crippen LogP contribution is 2.27. The van der Waals surface area contributed by atoms with E-state index in [1.165, 1.54) is 7.11 Å². The van der Waals surface area contributed by atoms with Gasteiger partial charge < -0.3 is 10.1 Å². The molecule has 28 heavy (non-hydrogen) atoms. The Morgan fingerprint density at radius 1 is 1.04 bits per heavy atom. The second-order valence-electron chi connectivity index (χ2n) is 5.96. The largest absolute Gasteiger partial charge is 0.495 e. The molecule has 1 N–H and O–H groups in total. The van der Waals surface area contributed by atoms with Crippen LogP contribution in [-0.4, -0.2) is 13.0 Å². The summed E-state index contributed by atoms with van der Waals surface area (Å²) in [5, 5.41) is 12.4. The maximum absolute atomic E-state index is 12.4. The van der Waals surface area contributed by atoms with Crippen molar-refractivity contribution in [2.75, 3.05) is 12.4 Å². The molecule has 0 atom stereocenters. The van der Waals surface area contributed by atoms with E-state index < -0.39 is 5.91 Å². The van der Waals surface area contributed by atoms with Crippen LogP contribution in [0.15, 0.2) is 78.4 Å². The predicted molar refractivity (Wildman–Crippen MR) is 112 cm³/mol. The highest BCUT2D eigenvalue weighted by Gasteiger charge is 2.11. The number of carbonyl (C=O) groups excluding carboxylic acids is 1. The fourth-order valence-electron chi connectivity index (χ4n) is 2.66. The van der Waals surface area contributed by atoms with E-state index in [1.807, 2.05) is 60.7 Å². The summed E-state index contributed by atoms with van der Waals surface area (Å²) in [5.74, 6) is 0.00471. The van der Waals surface area contributed by atoms with Crippen LogP contribution < -0.4 is 10.1 Å². The average molecular weight is 389 g/mol. The minimum Gasteiger partial charge on any atom is -0.495 e. The molecule has 138 valence electrons. The third-order valence-electron chi connectivity index (χ3n) is 4.10. The molecule has 4 nitrogen and oxygen atoms in total. The number of nitrogens with zero attached hydrogens (tertiary/aromatic N) is 1. The van der Waals surface area contributed by atoms with Gasteiger partial charge in [0.15, 0.2) is 0 Å². The zero-order valence-electron chi connectivity index (χ0n) is 15.1. The number of rotatable bonds is 5. The smallest absolute Gasteiger partial charge is 0.266 e. The molecule has 0 saturated carbocycles. The molecule has 3 rings (SSSR count). The van der Waals surface area contributed by atoms with Crippen molar-refractivity contribution in [2.24, 2.45) is 0 Å². The molecule has 0 aliphatic rings. The van der Waals surface area contributed by atoms with Gasteiger partial charge in [-0.05, 0) is 41.0 Å². The van der Waals surface area contributed by atoms with E-state index >= 15 is 0 Å². The van der Waals surface area contributed by atoms with Crippen LogP contribution in [0.4, 0.5) is 5.69 Å². The molecular weight excluding hydrogens is 372 g/mol. The summed E-state index contributed by atoms with van der Waals surface area (Å²) in [4.78, 5) is 12.4. The van der Waals surface area contributed by atoms with E-state index in [4.69, 9.17) is 16.3 Å². The third kappa shape index (κ3) is 4.59. The van der Waals surface area contributed by atoms with Crippen molar-refractivity contribution >= 4 is 29.3 Å². The second-order valence-corrected chi connectivity index (χ2v) is 6.37. The van der Waals surface area contributed by atoms with Crippen LogP contribution in [-0.2, 0) is 4.79 Å². The Balaban J connectivity index is 1.77. The van der Waals surface area contributed by atoms with E-state index in [-0.39, 0.29) is 5.57 Å². The standard InChI is InChI=1S/C23H17ClN2O2/c1-28-22-12-11-20(14-21(22)24)26-23(27)19(15-25)13-16-7-9-18(10-8-16)17-5-3-2-4-6-17/h2-14H,1H3,(H,26,27)/b19-13+. The molecule has 0 bridgehead atoms. The lowest BCUT2D eigenvalue weighted by atomic mass is 10.0. The first kappa shape index (κ1) is 19.2. The molecule has 3 aromatic rings. The number of halogens is 1. The van der Waals surface area contributed by atoms with E-state index in [2.05, 4.69) is 5.32 Å². The number of carbonyl (C=O) groups is 1. The van der Waals surface area contributed by atoms with E-state index in [0.29, 0.717) is 16.5 Å². The number of methoxy groups -OCH3 is 1. The van der Waals surface area contributed by atoms with Gasteiger partial charge in [0.2, 0.25) is 0 Å². The summed E-state index contributed by atoms with van der Waals surface area (Å²) in [6, 6.07) is 24.5. The minimum absolute atomic E-state index is 0.000554. The fourth-order valence-corrected chi connectivity index (χ4v) is 2.92. The Bertz CT molecular complexity index is 1050. The summed E-state index contributed by atoms with van der Waals surface area (Å²) in [7, 11) is 1.51. The van der Waals surface area contributed by atoms with Crippen LogP contribution in [0.5, 0.6) is 5.75 Å². The average Bonchev–Trinajstić information content (AvgIpc) is 2.73. The van der Waals surface area contributed by atoms with Crippen molar-refractivity contribution in [1.82, 2.24) is 0 Å². The number of benzene rings is 3. The molecule has 0 radical (unpaired) electrons. The molecule has 0 aromatic heterocycles. The molecule has 1 amide bonds. The van der Waals surface area contributed by atoms with Gasteiger partial charge >= 0.3 is 0 Å². The number of nitriles is 1. The SMILES string of the molecule is COc1ccc(NC(=O)/C(C#N)=C/c2ccc(-c3ccccc3)cc2)cc1Cl. The molecule has 5 heteroatoms. The van der Waals surface area contributed by atoms with Crippen molar-refractivity contribution < 1.29 is 9.53 Å². The Morgan fingerprint density at radius 3 is 2.32 bits per heavy atom. The monoisotopic (exact) mass is 388 g/mol. The molecule has 0 aliphatic heterocycles. The fraction of sp³-hybridized carbons (Fsp3) is 0.0435. The zero-order chi connectivity index (χ0) is 19.9.